The van der Waals surface area contributed by atoms with E-state index in [1.165, 1.54) is 12.1 Å². The molecule has 0 bridgehead atoms. The zero-order valence-corrected chi connectivity index (χ0v) is 14.7. The second-order valence-electron chi connectivity index (χ2n) is 6.53. The van der Waals surface area contributed by atoms with Crippen LogP contribution in [0.1, 0.15) is 17.3 Å². The SMILES string of the molecule is C[C@@H](C(=O)Nc1ccc(F)cc1)[NH+]1CCN(C(=O)c2ccccc2)CC1. The quantitative estimate of drug-likeness (QED) is 0.865. The fourth-order valence-corrected chi connectivity index (χ4v) is 3.16. The molecular weight excluding hydrogens is 333 g/mol. The lowest BCUT2D eigenvalue weighted by molar-refractivity contribution is -0.917. The molecule has 3 rings (SSSR count). The van der Waals surface area contributed by atoms with E-state index in [0.29, 0.717) is 24.3 Å². The predicted molar refractivity (Wildman–Crippen MR) is 97.5 cm³/mol. The Morgan fingerprint density at radius 2 is 1.65 bits per heavy atom. The smallest absolute Gasteiger partial charge is 0.282 e. The Morgan fingerprint density at radius 3 is 2.27 bits per heavy atom. The van der Waals surface area contributed by atoms with Crippen LogP contribution in [0.15, 0.2) is 54.6 Å². The van der Waals surface area contributed by atoms with Crippen LogP contribution in [0.2, 0.25) is 0 Å². The number of hydrogen-bond donors (Lipinski definition) is 2. The maximum absolute atomic E-state index is 12.9. The summed E-state index contributed by atoms with van der Waals surface area (Å²) < 4.78 is 12.9. The highest BCUT2D eigenvalue weighted by Gasteiger charge is 2.31. The summed E-state index contributed by atoms with van der Waals surface area (Å²) in [5.41, 5.74) is 1.28. The number of benzene rings is 2. The third kappa shape index (κ3) is 4.26. The molecule has 1 heterocycles. The molecule has 1 fully saturated rings. The van der Waals surface area contributed by atoms with Crippen LogP contribution in [0.25, 0.3) is 0 Å². The maximum atomic E-state index is 12.9. The molecule has 1 aliphatic rings. The van der Waals surface area contributed by atoms with Crippen molar-refractivity contribution in [3.63, 3.8) is 0 Å². The highest BCUT2D eigenvalue weighted by molar-refractivity contribution is 5.94. The first kappa shape index (κ1) is 18.1. The third-order valence-corrected chi connectivity index (χ3v) is 4.83. The lowest BCUT2D eigenvalue weighted by Gasteiger charge is -2.34. The lowest BCUT2D eigenvalue weighted by Crippen LogP contribution is -3.19. The van der Waals surface area contributed by atoms with Gasteiger partial charge in [-0.25, -0.2) is 4.39 Å². The highest BCUT2D eigenvalue weighted by Crippen LogP contribution is 2.08. The molecule has 0 aliphatic carbocycles. The van der Waals surface area contributed by atoms with Crippen LogP contribution in [-0.4, -0.2) is 48.9 Å². The average Bonchev–Trinajstić information content (AvgIpc) is 2.69. The summed E-state index contributed by atoms with van der Waals surface area (Å²) in [7, 11) is 0. The fraction of sp³-hybridized carbons (Fsp3) is 0.300. The summed E-state index contributed by atoms with van der Waals surface area (Å²) in [6.07, 6.45) is 0. The van der Waals surface area contributed by atoms with Gasteiger partial charge in [0, 0.05) is 11.3 Å². The van der Waals surface area contributed by atoms with Crippen molar-refractivity contribution < 1.29 is 18.9 Å². The Bertz CT molecular complexity index is 756. The van der Waals surface area contributed by atoms with E-state index in [2.05, 4.69) is 5.32 Å². The van der Waals surface area contributed by atoms with E-state index >= 15 is 0 Å². The molecule has 0 radical (unpaired) electrons. The van der Waals surface area contributed by atoms with Gasteiger partial charge >= 0.3 is 0 Å². The molecule has 26 heavy (non-hydrogen) atoms. The minimum Gasteiger partial charge on any atom is -0.327 e. The number of rotatable bonds is 4. The summed E-state index contributed by atoms with van der Waals surface area (Å²) >= 11 is 0. The second-order valence-corrected chi connectivity index (χ2v) is 6.53. The van der Waals surface area contributed by atoms with Gasteiger partial charge in [-0.15, -0.1) is 0 Å². The minimum atomic E-state index is -0.333. The Balaban J connectivity index is 1.53. The Morgan fingerprint density at radius 1 is 1.04 bits per heavy atom. The number of amides is 2. The Hall–Kier alpha value is -2.73. The second kappa shape index (κ2) is 8.10. The Kier molecular flexibility index (Phi) is 5.63. The summed E-state index contributed by atoms with van der Waals surface area (Å²) in [6.45, 7) is 4.56. The van der Waals surface area contributed by atoms with E-state index in [1.54, 1.807) is 12.1 Å². The number of quaternary nitrogens is 1. The van der Waals surface area contributed by atoms with E-state index in [-0.39, 0.29) is 23.7 Å². The number of halogens is 1. The van der Waals surface area contributed by atoms with Crippen molar-refractivity contribution in [2.75, 3.05) is 31.5 Å². The molecule has 1 aliphatic heterocycles. The lowest BCUT2D eigenvalue weighted by atomic mass is 10.1. The van der Waals surface area contributed by atoms with E-state index in [1.807, 2.05) is 42.2 Å². The number of carbonyl (C=O) groups excluding carboxylic acids is 2. The van der Waals surface area contributed by atoms with E-state index in [9.17, 15) is 14.0 Å². The number of carbonyl (C=O) groups is 2. The number of hydrogen-bond acceptors (Lipinski definition) is 2. The molecular formula is C20H23FN3O2+. The number of anilines is 1. The van der Waals surface area contributed by atoms with E-state index < -0.39 is 0 Å². The van der Waals surface area contributed by atoms with E-state index in [0.717, 1.165) is 18.0 Å². The van der Waals surface area contributed by atoms with Gasteiger partial charge in [-0.2, -0.15) is 0 Å². The first-order chi connectivity index (χ1) is 12.5. The first-order valence-electron chi connectivity index (χ1n) is 8.80. The maximum Gasteiger partial charge on any atom is 0.282 e. The monoisotopic (exact) mass is 356 g/mol. The van der Waals surface area contributed by atoms with Crippen molar-refractivity contribution in [3.05, 3.63) is 66.0 Å². The van der Waals surface area contributed by atoms with Crippen molar-refractivity contribution >= 4 is 17.5 Å². The molecule has 2 amide bonds. The molecule has 0 spiro atoms. The topological polar surface area (TPSA) is 53.9 Å². The van der Waals surface area contributed by atoms with Crippen LogP contribution in [0.5, 0.6) is 0 Å². The normalized spacial score (nSPS) is 16.2. The summed E-state index contributed by atoms with van der Waals surface area (Å²) in [5, 5.41) is 2.82. The average molecular weight is 356 g/mol. The molecule has 136 valence electrons. The van der Waals surface area contributed by atoms with Crippen LogP contribution >= 0.6 is 0 Å². The van der Waals surface area contributed by atoms with Gasteiger partial charge in [-0.1, -0.05) is 18.2 Å². The van der Waals surface area contributed by atoms with Gasteiger partial charge in [-0.3, -0.25) is 9.59 Å². The molecule has 2 N–H and O–H groups in total. The van der Waals surface area contributed by atoms with Gasteiger partial charge in [0.15, 0.2) is 6.04 Å². The molecule has 0 aromatic heterocycles. The van der Waals surface area contributed by atoms with Gasteiger partial charge < -0.3 is 15.1 Å². The van der Waals surface area contributed by atoms with Crippen LogP contribution in [0.3, 0.4) is 0 Å². The first-order valence-corrected chi connectivity index (χ1v) is 8.80. The van der Waals surface area contributed by atoms with Gasteiger partial charge in [0.1, 0.15) is 5.82 Å². The van der Waals surface area contributed by atoms with Gasteiger partial charge in [0.25, 0.3) is 11.8 Å². The fourth-order valence-electron chi connectivity index (χ4n) is 3.16. The van der Waals surface area contributed by atoms with Crippen molar-refractivity contribution in [1.82, 2.24) is 4.90 Å². The molecule has 2 aromatic carbocycles. The standard InChI is InChI=1S/C20H22FN3O2/c1-15(19(25)22-18-9-7-17(21)8-10-18)23-11-13-24(14-12-23)20(26)16-5-3-2-4-6-16/h2-10,15H,11-14H2,1H3,(H,22,25)/p+1/t15-/m0/s1. The zero-order chi connectivity index (χ0) is 18.5. The summed E-state index contributed by atoms with van der Waals surface area (Å²) in [4.78, 5) is 27.9. The largest absolute Gasteiger partial charge is 0.327 e. The van der Waals surface area contributed by atoms with Crippen LogP contribution in [-0.2, 0) is 4.79 Å². The number of piperazine rings is 1. The number of nitrogens with one attached hydrogen (secondary N) is 2. The van der Waals surface area contributed by atoms with Gasteiger partial charge in [0.05, 0.1) is 26.2 Å². The minimum absolute atomic E-state index is 0.0352. The van der Waals surface area contributed by atoms with Crippen molar-refractivity contribution in [1.29, 1.82) is 0 Å². The van der Waals surface area contributed by atoms with Crippen LogP contribution < -0.4 is 10.2 Å². The molecule has 1 atom stereocenters. The molecule has 0 unspecified atom stereocenters. The Labute approximate surface area is 152 Å². The summed E-state index contributed by atoms with van der Waals surface area (Å²) in [5.74, 6) is -0.400. The molecule has 5 nitrogen and oxygen atoms in total. The molecule has 6 heteroatoms. The predicted octanol–water partition coefficient (Wildman–Crippen LogP) is 1.19. The molecule has 1 saturated heterocycles. The molecule has 2 aromatic rings. The van der Waals surface area contributed by atoms with Gasteiger partial charge in [0.2, 0.25) is 0 Å². The van der Waals surface area contributed by atoms with Crippen molar-refractivity contribution in [3.8, 4) is 0 Å². The van der Waals surface area contributed by atoms with Crippen LogP contribution in [0.4, 0.5) is 10.1 Å². The van der Waals surface area contributed by atoms with Crippen molar-refractivity contribution in [2.45, 2.75) is 13.0 Å². The van der Waals surface area contributed by atoms with Crippen molar-refractivity contribution in [2.24, 2.45) is 0 Å². The zero-order valence-electron chi connectivity index (χ0n) is 14.7. The summed E-state index contributed by atoms with van der Waals surface area (Å²) in [6, 6.07) is 14.7. The van der Waals surface area contributed by atoms with E-state index in [4.69, 9.17) is 0 Å². The third-order valence-electron chi connectivity index (χ3n) is 4.83. The highest BCUT2D eigenvalue weighted by atomic mass is 19.1. The van der Waals surface area contributed by atoms with Gasteiger partial charge in [-0.05, 0) is 43.3 Å². The molecule has 0 saturated carbocycles. The number of nitrogens with zero attached hydrogens (tertiary/aromatic N) is 1. The van der Waals surface area contributed by atoms with Crippen LogP contribution in [0, 0.1) is 5.82 Å².